The zero-order chi connectivity index (χ0) is 8.55. The van der Waals surface area contributed by atoms with Crippen LogP contribution in [0.5, 0.6) is 0 Å². The number of fused-ring (bicyclic) bond motifs is 1. The maximum absolute atomic E-state index is 10.3. The molecule has 0 amide bonds. The molecule has 0 saturated heterocycles. The largest absolute Gasteiger partial charge is 0.358 e. The second-order valence-corrected chi connectivity index (χ2v) is 2.35. The van der Waals surface area contributed by atoms with Gasteiger partial charge in [0.1, 0.15) is 5.52 Å². The number of nitrogens with one attached hydrogen (secondary N) is 1. The van der Waals surface area contributed by atoms with Crippen molar-refractivity contribution in [1.82, 2.24) is 9.97 Å². The first-order chi connectivity index (χ1) is 5.77. The molecule has 0 aliphatic heterocycles. The van der Waals surface area contributed by atoms with Crippen molar-refractivity contribution in [3.63, 3.8) is 0 Å². The first-order valence-corrected chi connectivity index (χ1v) is 3.35. The third kappa shape index (κ3) is 0.914. The first kappa shape index (κ1) is 6.78. The van der Waals surface area contributed by atoms with Gasteiger partial charge in [0.05, 0.1) is 6.07 Å². The summed E-state index contributed by atoms with van der Waals surface area (Å²) < 4.78 is 0. The van der Waals surface area contributed by atoms with E-state index in [-0.39, 0.29) is 5.82 Å². The van der Waals surface area contributed by atoms with Crippen LogP contribution in [0, 0.1) is 10.1 Å². The summed E-state index contributed by atoms with van der Waals surface area (Å²) in [4.78, 5) is 16.4. The molecule has 60 valence electrons. The van der Waals surface area contributed by atoms with Gasteiger partial charge in [0.2, 0.25) is 0 Å². The van der Waals surface area contributed by atoms with Gasteiger partial charge in [-0.05, 0) is 17.1 Å². The number of hydrogen-bond donors (Lipinski definition) is 1. The Morgan fingerprint density at radius 1 is 1.58 bits per heavy atom. The molecule has 2 aromatic rings. The molecule has 0 radical (unpaired) electrons. The summed E-state index contributed by atoms with van der Waals surface area (Å²) >= 11 is 0. The number of nitro groups is 1. The number of aromatic amines is 1. The number of H-pyrrole nitrogens is 1. The van der Waals surface area contributed by atoms with E-state index in [2.05, 4.69) is 9.97 Å². The highest BCUT2D eigenvalue weighted by atomic mass is 16.6. The molecule has 5 heteroatoms. The predicted octanol–water partition coefficient (Wildman–Crippen LogP) is 1.47. The summed E-state index contributed by atoms with van der Waals surface area (Å²) in [6.07, 6.45) is 1.60. The van der Waals surface area contributed by atoms with Crippen LogP contribution in [0.15, 0.2) is 24.4 Å². The minimum Gasteiger partial charge on any atom is -0.358 e. The molecule has 12 heavy (non-hydrogen) atoms. The highest BCUT2D eigenvalue weighted by Gasteiger charge is 2.08. The molecule has 2 rings (SSSR count). The molecule has 5 nitrogen and oxygen atoms in total. The van der Waals surface area contributed by atoms with Crippen molar-refractivity contribution in [2.75, 3.05) is 0 Å². The lowest BCUT2D eigenvalue weighted by molar-refractivity contribution is -0.389. The second-order valence-electron chi connectivity index (χ2n) is 2.35. The first-order valence-electron chi connectivity index (χ1n) is 3.35. The standard InChI is InChI=1S/C7H5N3O2/c11-10(12)7-4-6-5(9-7)2-1-3-8-6/h1-4,9H. The lowest BCUT2D eigenvalue weighted by Gasteiger charge is -1.84. The Labute approximate surface area is 67.2 Å². The molecule has 0 unspecified atom stereocenters. The van der Waals surface area contributed by atoms with Crippen LogP contribution in [0.3, 0.4) is 0 Å². The number of rotatable bonds is 1. The van der Waals surface area contributed by atoms with Gasteiger partial charge in [0.15, 0.2) is 5.52 Å². The van der Waals surface area contributed by atoms with Gasteiger partial charge in [-0.15, -0.1) is 0 Å². The third-order valence-corrected chi connectivity index (χ3v) is 1.57. The fourth-order valence-corrected chi connectivity index (χ4v) is 1.04. The monoisotopic (exact) mass is 163 g/mol. The van der Waals surface area contributed by atoms with Gasteiger partial charge in [-0.3, -0.25) is 4.98 Å². The molecule has 0 saturated carbocycles. The van der Waals surface area contributed by atoms with Gasteiger partial charge in [-0.25, -0.2) is 4.98 Å². The highest BCUT2D eigenvalue weighted by Crippen LogP contribution is 2.16. The predicted molar refractivity (Wildman–Crippen MR) is 42.7 cm³/mol. The smallest absolute Gasteiger partial charge is 0.323 e. The highest BCUT2D eigenvalue weighted by molar-refractivity contribution is 5.77. The molecular formula is C7H5N3O2. The van der Waals surface area contributed by atoms with Gasteiger partial charge >= 0.3 is 5.82 Å². The minimum atomic E-state index is -0.471. The Morgan fingerprint density at radius 2 is 2.42 bits per heavy atom. The maximum atomic E-state index is 10.3. The zero-order valence-corrected chi connectivity index (χ0v) is 6.02. The van der Waals surface area contributed by atoms with Crippen molar-refractivity contribution >= 4 is 16.9 Å². The van der Waals surface area contributed by atoms with Gasteiger partial charge in [-0.2, -0.15) is 0 Å². The number of hydrogen-bond acceptors (Lipinski definition) is 3. The van der Waals surface area contributed by atoms with E-state index in [0.717, 1.165) is 0 Å². The number of nitrogens with zero attached hydrogens (tertiary/aromatic N) is 2. The van der Waals surface area contributed by atoms with Crippen LogP contribution >= 0.6 is 0 Å². The fraction of sp³-hybridized carbons (Fsp3) is 0. The van der Waals surface area contributed by atoms with Gasteiger partial charge in [0, 0.05) is 6.20 Å². The third-order valence-electron chi connectivity index (χ3n) is 1.57. The Morgan fingerprint density at radius 3 is 3.08 bits per heavy atom. The maximum Gasteiger partial charge on any atom is 0.323 e. The molecule has 0 bridgehead atoms. The summed E-state index contributed by atoms with van der Waals surface area (Å²) in [5.41, 5.74) is 1.30. The van der Waals surface area contributed by atoms with Crippen molar-refractivity contribution in [3.05, 3.63) is 34.5 Å². The molecule has 2 aromatic heterocycles. The van der Waals surface area contributed by atoms with Crippen LogP contribution in [0.1, 0.15) is 0 Å². The van der Waals surface area contributed by atoms with E-state index < -0.39 is 4.92 Å². The molecule has 1 N–H and O–H groups in total. The molecule has 0 aromatic carbocycles. The Kier molecular flexibility index (Phi) is 1.30. The topological polar surface area (TPSA) is 71.8 Å². The molecule has 0 aliphatic rings. The molecule has 0 aliphatic carbocycles. The van der Waals surface area contributed by atoms with Crippen molar-refractivity contribution in [2.45, 2.75) is 0 Å². The van der Waals surface area contributed by atoms with E-state index in [4.69, 9.17) is 0 Å². The number of pyridine rings is 1. The number of aromatic nitrogens is 2. The summed E-state index contributed by atoms with van der Waals surface area (Å²) in [7, 11) is 0. The second kappa shape index (κ2) is 2.30. The Balaban J connectivity index is 2.70. The summed E-state index contributed by atoms with van der Waals surface area (Å²) in [6, 6.07) is 4.88. The summed E-state index contributed by atoms with van der Waals surface area (Å²) in [6.45, 7) is 0. The lowest BCUT2D eigenvalue weighted by Crippen LogP contribution is -1.85. The van der Waals surface area contributed by atoms with E-state index in [1.165, 1.54) is 6.07 Å². The molecular weight excluding hydrogens is 158 g/mol. The van der Waals surface area contributed by atoms with Crippen LogP contribution in [0.25, 0.3) is 11.0 Å². The zero-order valence-electron chi connectivity index (χ0n) is 6.02. The Hall–Kier alpha value is -1.91. The van der Waals surface area contributed by atoms with Crippen molar-refractivity contribution in [1.29, 1.82) is 0 Å². The van der Waals surface area contributed by atoms with E-state index in [1.807, 2.05) is 0 Å². The van der Waals surface area contributed by atoms with Crippen molar-refractivity contribution < 1.29 is 4.92 Å². The molecule has 0 atom stereocenters. The SMILES string of the molecule is O=[N+]([O-])c1cc2ncccc2[nH]1. The quantitative estimate of drug-likeness (QED) is 0.511. The van der Waals surface area contributed by atoms with Gasteiger partial charge < -0.3 is 10.1 Å². The normalized spacial score (nSPS) is 10.3. The van der Waals surface area contributed by atoms with E-state index in [0.29, 0.717) is 11.0 Å². The van der Waals surface area contributed by atoms with Crippen LogP contribution in [0.2, 0.25) is 0 Å². The average Bonchev–Trinajstić information content (AvgIpc) is 2.46. The minimum absolute atomic E-state index is 0.0244. The molecule has 0 spiro atoms. The van der Waals surface area contributed by atoms with Crippen molar-refractivity contribution in [3.8, 4) is 0 Å². The van der Waals surface area contributed by atoms with E-state index in [9.17, 15) is 10.1 Å². The van der Waals surface area contributed by atoms with Crippen LogP contribution in [0.4, 0.5) is 5.82 Å². The lowest BCUT2D eigenvalue weighted by atomic mass is 10.4. The van der Waals surface area contributed by atoms with Gasteiger partial charge in [0.25, 0.3) is 0 Å². The van der Waals surface area contributed by atoms with E-state index >= 15 is 0 Å². The summed E-state index contributed by atoms with van der Waals surface area (Å²) in [5, 5.41) is 10.3. The van der Waals surface area contributed by atoms with Gasteiger partial charge in [-0.1, -0.05) is 0 Å². The van der Waals surface area contributed by atoms with Crippen LogP contribution in [-0.2, 0) is 0 Å². The fourth-order valence-electron chi connectivity index (χ4n) is 1.04. The Bertz CT molecular complexity index is 402. The van der Waals surface area contributed by atoms with Crippen LogP contribution < -0.4 is 0 Å². The molecule has 0 fully saturated rings. The average molecular weight is 163 g/mol. The molecule has 2 heterocycles. The van der Waals surface area contributed by atoms with Crippen LogP contribution in [-0.4, -0.2) is 14.9 Å². The van der Waals surface area contributed by atoms with E-state index in [1.54, 1.807) is 18.3 Å². The summed E-state index contributed by atoms with van der Waals surface area (Å²) in [5.74, 6) is -0.0244. The van der Waals surface area contributed by atoms with Crippen molar-refractivity contribution in [2.24, 2.45) is 0 Å².